The van der Waals surface area contributed by atoms with E-state index in [1.165, 1.54) is 11.6 Å². The lowest BCUT2D eigenvalue weighted by Crippen LogP contribution is -2.68. The number of aliphatic hydroxyl groups excluding tert-OH is 2. The summed E-state index contributed by atoms with van der Waals surface area (Å²) < 4.78 is 5.97. The Bertz CT molecular complexity index is 1480. The smallest absolute Gasteiger partial charge is 0.331 e. The number of ether oxygens (including phenoxy) is 1. The molecule has 0 spiro atoms. The summed E-state index contributed by atoms with van der Waals surface area (Å²) in [6.07, 6.45) is 9.41. The maximum absolute atomic E-state index is 13.1. The molecule has 0 amide bonds. The number of hydrogen-bond acceptors (Lipinski definition) is 6. The van der Waals surface area contributed by atoms with Gasteiger partial charge >= 0.3 is 11.9 Å². The molecule has 1 aromatic carbocycles. The predicted octanol–water partition coefficient (Wildman–Crippen LogP) is 6.92. The molecule has 7 nitrogen and oxygen atoms in total. The second-order valence-corrected chi connectivity index (χ2v) is 16.4. The molecule has 0 saturated heterocycles. The maximum Gasteiger partial charge on any atom is 0.331 e. The number of aliphatic carboxylic acids is 1. The Labute approximate surface area is 273 Å². The summed E-state index contributed by atoms with van der Waals surface area (Å²) in [5, 5.41) is 42.9. The summed E-state index contributed by atoms with van der Waals surface area (Å²) >= 11 is 0. The van der Waals surface area contributed by atoms with Gasteiger partial charge in [0.05, 0.1) is 18.1 Å². The number of carboxylic acid groups (broad SMARTS) is 1. The first-order valence-corrected chi connectivity index (χ1v) is 17.2. The van der Waals surface area contributed by atoms with Gasteiger partial charge in [-0.15, -0.1) is 0 Å². The molecule has 11 atom stereocenters. The first kappa shape index (κ1) is 33.0. The van der Waals surface area contributed by atoms with E-state index >= 15 is 0 Å². The van der Waals surface area contributed by atoms with Gasteiger partial charge < -0.3 is 25.2 Å². The zero-order chi connectivity index (χ0) is 33.4. The first-order chi connectivity index (χ1) is 21.6. The minimum absolute atomic E-state index is 0.0129. The van der Waals surface area contributed by atoms with E-state index in [9.17, 15) is 30.0 Å². The molecule has 46 heavy (non-hydrogen) atoms. The van der Waals surface area contributed by atoms with E-state index in [2.05, 4.69) is 40.3 Å². The summed E-state index contributed by atoms with van der Waals surface area (Å²) in [6, 6.07) is 6.48. The van der Waals surface area contributed by atoms with Gasteiger partial charge in [-0.1, -0.05) is 70.6 Å². The molecule has 4 N–H and O–H groups in total. The Kier molecular flexibility index (Phi) is 7.96. The summed E-state index contributed by atoms with van der Waals surface area (Å²) in [7, 11) is 0. The van der Waals surface area contributed by atoms with Crippen LogP contribution in [0.1, 0.15) is 91.5 Å². The van der Waals surface area contributed by atoms with Crippen LogP contribution in [0.5, 0.6) is 5.75 Å². The number of rotatable bonds is 5. The molecule has 0 bridgehead atoms. The van der Waals surface area contributed by atoms with Crippen molar-refractivity contribution in [2.45, 2.75) is 98.2 Å². The molecule has 7 heteroatoms. The van der Waals surface area contributed by atoms with Crippen LogP contribution in [0.15, 0.2) is 54.1 Å². The van der Waals surface area contributed by atoms with Crippen molar-refractivity contribution >= 4 is 18.0 Å². The number of hydrogen-bond donors (Lipinski definition) is 4. The first-order valence-electron chi connectivity index (χ1n) is 17.2. The van der Waals surface area contributed by atoms with Crippen LogP contribution in [0.25, 0.3) is 6.08 Å². The fourth-order valence-corrected chi connectivity index (χ4v) is 11.8. The summed E-state index contributed by atoms with van der Waals surface area (Å²) in [6.45, 7) is 15.4. The molecule has 5 aliphatic rings. The summed E-state index contributed by atoms with van der Waals surface area (Å²) in [5.41, 5.74) is 0.952. The van der Waals surface area contributed by atoms with Crippen LogP contribution in [0.2, 0.25) is 0 Å². The summed E-state index contributed by atoms with van der Waals surface area (Å²) in [5.74, 6) is -0.846. The Morgan fingerprint density at radius 3 is 2.39 bits per heavy atom. The Morgan fingerprint density at radius 2 is 1.74 bits per heavy atom. The standard InChI is InChI=1S/C39H52O7/c1-23-15-18-39(34(44)45)20-19-37(5)27(32(39)24(23)2)12-13-30-35(3)21-28(42)33(36(4,22-40)29(35)16-17-38(30,37)6)46-31(43)14-9-25-7-10-26(41)11-8-25/h7-12,14,24,28-30,32-33,40-42H,1,13,15-22H2,2-6H3,(H,44,45)/b14-9-/t24-,28+,29+,30+,32-,33-,35-,36-,37+,38+,39-/m0/s1. The molecule has 0 heterocycles. The van der Waals surface area contributed by atoms with Crippen LogP contribution in [-0.2, 0) is 14.3 Å². The molecule has 4 saturated carbocycles. The highest BCUT2D eigenvalue weighted by Gasteiger charge is 2.71. The molecule has 0 unspecified atom stereocenters. The number of esters is 1. The van der Waals surface area contributed by atoms with Crippen LogP contribution >= 0.6 is 0 Å². The van der Waals surface area contributed by atoms with Crippen molar-refractivity contribution in [1.82, 2.24) is 0 Å². The zero-order valence-electron chi connectivity index (χ0n) is 28.1. The largest absolute Gasteiger partial charge is 0.508 e. The van der Waals surface area contributed by atoms with Gasteiger partial charge in [-0.05, 0) is 109 Å². The minimum atomic E-state index is -0.947. The van der Waals surface area contributed by atoms with Crippen molar-refractivity contribution in [1.29, 1.82) is 0 Å². The number of carbonyl (C=O) groups is 2. The average molecular weight is 633 g/mol. The number of carboxylic acids is 1. The minimum Gasteiger partial charge on any atom is -0.508 e. The number of benzene rings is 1. The van der Waals surface area contributed by atoms with Crippen molar-refractivity contribution in [3.05, 3.63) is 59.7 Å². The van der Waals surface area contributed by atoms with Gasteiger partial charge in [0.2, 0.25) is 0 Å². The molecule has 0 radical (unpaired) electrons. The van der Waals surface area contributed by atoms with Gasteiger partial charge in [0, 0.05) is 17.4 Å². The summed E-state index contributed by atoms with van der Waals surface area (Å²) in [4.78, 5) is 26.0. The van der Waals surface area contributed by atoms with E-state index in [1.54, 1.807) is 30.3 Å². The van der Waals surface area contributed by atoms with Gasteiger partial charge in [0.1, 0.15) is 11.9 Å². The van der Waals surface area contributed by atoms with E-state index in [4.69, 9.17) is 4.74 Å². The van der Waals surface area contributed by atoms with Crippen molar-refractivity contribution in [3.63, 3.8) is 0 Å². The van der Waals surface area contributed by atoms with E-state index in [0.717, 1.165) is 43.2 Å². The SMILES string of the molecule is C=C1CC[C@]2(C(=O)O)CC[C@]3(C)C(=CC[C@@H]4[C@@]5(C)C[C@@H](O)[C@H](OC(=O)/C=C\c6ccc(O)cc6)[C@@](C)(CO)[C@@H]5CC[C@]43C)[C@@H]2[C@H]1C. The molecule has 1 aromatic rings. The van der Waals surface area contributed by atoms with Crippen LogP contribution in [0, 0.1) is 50.7 Å². The number of fused-ring (bicyclic) bond motifs is 7. The molecule has 6 rings (SSSR count). The second kappa shape index (κ2) is 11.1. The van der Waals surface area contributed by atoms with E-state index < -0.39 is 35.0 Å². The van der Waals surface area contributed by atoms with E-state index in [-0.39, 0.29) is 52.3 Å². The molecular weight excluding hydrogens is 580 g/mol. The average Bonchev–Trinajstić information content (AvgIpc) is 3.00. The third-order valence-corrected chi connectivity index (χ3v) is 14.6. The zero-order valence-corrected chi connectivity index (χ0v) is 28.1. The van der Waals surface area contributed by atoms with E-state index in [0.29, 0.717) is 19.3 Å². The van der Waals surface area contributed by atoms with Gasteiger partial charge in [0.25, 0.3) is 0 Å². The van der Waals surface area contributed by atoms with Gasteiger partial charge in [-0.3, -0.25) is 4.79 Å². The monoisotopic (exact) mass is 632 g/mol. The van der Waals surface area contributed by atoms with E-state index in [1.807, 2.05) is 6.92 Å². The number of carbonyl (C=O) groups excluding carboxylic acids is 1. The van der Waals surface area contributed by atoms with Crippen molar-refractivity contribution in [2.24, 2.45) is 50.7 Å². The van der Waals surface area contributed by atoms with Gasteiger partial charge in [0.15, 0.2) is 0 Å². The highest BCUT2D eigenvalue weighted by Crippen LogP contribution is 2.75. The third kappa shape index (κ3) is 4.51. The molecule has 4 fully saturated rings. The molecule has 0 aromatic heterocycles. The van der Waals surface area contributed by atoms with Crippen molar-refractivity contribution < 1.29 is 34.8 Å². The third-order valence-electron chi connectivity index (χ3n) is 14.6. The predicted molar refractivity (Wildman–Crippen MR) is 176 cm³/mol. The Morgan fingerprint density at radius 1 is 1.04 bits per heavy atom. The van der Waals surface area contributed by atoms with Crippen LogP contribution in [0.4, 0.5) is 0 Å². The highest BCUT2D eigenvalue weighted by atomic mass is 16.6. The number of allylic oxidation sites excluding steroid dienone is 3. The number of phenolic OH excluding ortho intramolecular Hbond substituents is 1. The van der Waals surface area contributed by atoms with Crippen LogP contribution < -0.4 is 0 Å². The van der Waals surface area contributed by atoms with Crippen molar-refractivity contribution in [3.8, 4) is 5.75 Å². The molecular formula is C39H52O7. The Balaban J connectivity index is 1.32. The number of aliphatic hydroxyl groups is 2. The number of phenols is 1. The number of aromatic hydroxyl groups is 1. The van der Waals surface area contributed by atoms with Crippen LogP contribution in [-0.4, -0.2) is 51.2 Å². The molecule has 5 aliphatic carbocycles. The lowest BCUT2D eigenvalue weighted by molar-refractivity contribution is -0.249. The highest BCUT2D eigenvalue weighted by molar-refractivity contribution is 5.87. The normalized spacial score (nSPS) is 45.1. The molecule has 250 valence electrons. The van der Waals surface area contributed by atoms with Gasteiger partial charge in [-0.2, -0.15) is 0 Å². The second-order valence-electron chi connectivity index (χ2n) is 16.4. The topological polar surface area (TPSA) is 124 Å². The van der Waals surface area contributed by atoms with Crippen molar-refractivity contribution in [2.75, 3.05) is 6.61 Å². The lowest BCUT2D eigenvalue weighted by atomic mass is 9.33. The van der Waals surface area contributed by atoms with Gasteiger partial charge in [-0.25, -0.2) is 4.79 Å². The maximum atomic E-state index is 13.1. The van der Waals surface area contributed by atoms with Crippen LogP contribution in [0.3, 0.4) is 0 Å². The lowest BCUT2D eigenvalue weighted by Gasteiger charge is -2.71. The fourth-order valence-electron chi connectivity index (χ4n) is 11.8. The fraction of sp³-hybridized carbons (Fsp3) is 0.641. The molecule has 0 aliphatic heterocycles. The quantitative estimate of drug-likeness (QED) is 0.158. The Hall–Kier alpha value is -2.90.